The van der Waals surface area contributed by atoms with Crippen molar-refractivity contribution in [2.45, 2.75) is 39.8 Å². The van der Waals surface area contributed by atoms with E-state index in [4.69, 9.17) is 0 Å². The molecule has 0 aromatic carbocycles. The smallest absolute Gasteiger partial charge is 0.307 e. The molecule has 1 aromatic rings. The zero-order valence-electron chi connectivity index (χ0n) is 13.7. The van der Waals surface area contributed by atoms with Gasteiger partial charge in [-0.3, -0.25) is 14.3 Å². The monoisotopic (exact) mass is 317 g/mol. The molecule has 1 heterocycles. The number of fused-ring (bicyclic) bond motifs is 2. The Bertz CT molecular complexity index is 664. The van der Waals surface area contributed by atoms with Crippen LogP contribution in [0.1, 0.15) is 37.6 Å². The summed E-state index contributed by atoms with van der Waals surface area (Å²) in [6.07, 6.45) is 6.66. The van der Waals surface area contributed by atoms with Gasteiger partial charge < -0.3 is 10.4 Å². The molecular formula is C17H23N3O3. The fraction of sp³-hybridized carbons (Fsp3) is 0.588. The Labute approximate surface area is 135 Å². The van der Waals surface area contributed by atoms with E-state index in [1.807, 2.05) is 43.8 Å². The number of carbonyl (C=O) groups is 2. The van der Waals surface area contributed by atoms with Crippen LogP contribution < -0.4 is 5.32 Å². The molecule has 1 fully saturated rings. The van der Waals surface area contributed by atoms with Gasteiger partial charge in [-0.1, -0.05) is 12.2 Å². The third kappa shape index (κ3) is 2.66. The Kier molecular flexibility index (Phi) is 4.00. The van der Waals surface area contributed by atoms with Crippen LogP contribution in [0.2, 0.25) is 0 Å². The molecule has 2 N–H and O–H groups in total. The predicted molar refractivity (Wildman–Crippen MR) is 84.5 cm³/mol. The summed E-state index contributed by atoms with van der Waals surface area (Å²) in [6, 6.07) is -0.180. The lowest BCUT2D eigenvalue weighted by atomic mass is 9.82. The summed E-state index contributed by atoms with van der Waals surface area (Å²) < 4.78 is 1.84. The van der Waals surface area contributed by atoms with Gasteiger partial charge in [-0.05, 0) is 39.0 Å². The maximum absolute atomic E-state index is 12.7. The summed E-state index contributed by atoms with van der Waals surface area (Å²) in [5.74, 6) is -2.06. The Morgan fingerprint density at radius 2 is 2.04 bits per heavy atom. The molecule has 5 atom stereocenters. The molecular weight excluding hydrogens is 294 g/mol. The van der Waals surface area contributed by atoms with Gasteiger partial charge in [-0.25, -0.2) is 0 Å². The van der Waals surface area contributed by atoms with E-state index in [0.29, 0.717) is 0 Å². The van der Waals surface area contributed by atoms with Crippen molar-refractivity contribution in [3.63, 3.8) is 0 Å². The average Bonchev–Trinajstić information content (AvgIpc) is 3.19. The van der Waals surface area contributed by atoms with Gasteiger partial charge >= 0.3 is 5.97 Å². The number of hydrogen-bond acceptors (Lipinski definition) is 3. The molecule has 6 nitrogen and oxygen atoms in total. The van der Waals surface area contributed by atoms with E-state index >= 15 is 0 Å². The van der Waals surface area contributed by atoms with E-state index < -0.39 is 17.8 Å². The molecule has 0 aliphatic heterocycles. The van der Waals surface area contributed by atoms with Crippen LogP contribution in [-0.4, -0.2) is 26.8 Å². The lowest BCUT2D eigenvalue weighted by Gasteiger charge is -2.25. The van der Waals surface area contributed by atoms with Gasteiger partial charge in [0, 0.05) is 18.3 Å². The van der Waals surface area contributed by atoms with Crippen LogP contribution in [-0.2, 0) is 16.1 Å². The van der Waals surface area contributed by atoms with Gasteiger partial charge in [0.05, 0.1) is 23.6 Å². The third-order valence-corrected chi connectivity index (χ3v) is 5.18. The minimum absolute atomic E-state index is 0.00636. The topological polar surface area (TPSA) is 84.2 Å². The molecule has 0 spiro atoms. The predicted octanol–water partition coefficient (Wildman–Crippen LogP) is 1.91. The molecule has 6 heteroatoms. The number of aliphatic carboxylic acids is 1. The normalized spacial score (nSPS) is 29.7. The molecule has 23 heavy (non-hydrogen) atoms. The minimum atomic E-state index is -0.871. The molecule has 0 unspecified atom stereocenters. The van der Waals surface area contributed by atoms with Crippen molar-refractivity contribution in [2.24, 2.45) is 23.7 Å². The zero-order valence-corrected chi connectivity index (χ0v) is 13.7. The standard InChI is InChI=1S/C17H23N3O3/c1-4-20-8-13(10(3)19-20)9(2)18-16(21)14-11-5-6-12(7-11)15(14)17(22)23/h5-6,8-9,11-12,14-15H,4,7H2,1-3H3,(H,18,21)(H,22,23)/t9-,11-,12-,14-,15+/m0/s1. The summed E-state index contributed by atoms with van der Waals surface area (Å²) in [4.78, 5) is 24.2. The van der Waals surface area contributed by atoms with Crippen molar-refractivity contribution < 1.29 is 14.7 Å². The maximum atomic E-state index is 12.7. The Hall–Kier alpha value is -2.11. The highest BCUT2D eigenvalue weighted by Crippen LogP contribution is 2.48. The lowest BCUT2D eigenvalue weighted by Crippen LogP contribution is -2.41. The fourth-order valence-electron chi connectivity index (χ4n) is 4.02. The number of carbonyl (C=O) groups excluding carboxylic acids is 1. The number of hydrogen-bond donors (Lipinski definition) is 2. The van der Waals surface area contributed by atoms with Gasteiger partial charge in [-0.2, -0.15) is 5.10 Å². The van der Waals surface area contributed by atoms with Crippen molar-refractivity contribution in [1.29, 1.82) is 0 Å². The van der Waals surface area contributed by atoms with E-state index in [1.165, 1.54) is 0 Å². The highest BCUT2D eigenvalue weighted by atomic mass is 16.4. The molecule has 2 aliphatic carbocycles. The van der Waals surface area contributed by atoms with Crippen molar-refractivity contribution >= 4 is 11.9 Å². The first kappa shape index (κ1) is 15.8. The molecule has 1 saturated carbocycles. The summed E-state index contributed by atoms with van der Waals surface area (Å²) in [6.45, 7) is 6.63. The molecule has 1 amide bonds. The highest BCUT2D eigenvalue weighted by Gasteiger charge is 2.51. The van der Waals surface area contributed by atoms with Crippen LogP contribution >= 0.6 is 0 Å². The van der Waals surface area contributed by atoms with Gasteiger partial charge in [-0.15, -0.1) is 0 Å². The lowest BCUT2D eigenvalue weighted by molar-refractivity contribution is -0.148. The van der Waals surface area contributed by atoms with Crippen molar-refractivity contribution in [3.05, 3.63) is 29.6 Å². The molecule has 124 valence electrons. The van der Waals surface area contributed by atoms with Crippen LogP contribution in [0.3, 0.4) is 0 Å². The SMILES string of the molecule is CCn1cc([C@H](C)NC(=O)[C@@H]2[C@H](C(=O)O)[C@H]3C=C[C@H]2C3)c(C)n1. The second-order valence-electron chi connectivity index (χ2n) is 6.59. The first-order valence-electron chi connectivity index (χ1n) is 8.17. The second kappa shape index (κ2) is 5.83. The number of aryl methyl sites for hydroxylation is 2. The van der Waals surface area contributed by atoms with Gasteiger partial charge in [0.25, 0.3) is 0 Å². The van der Waals surface area contributed by atoms with Crippen molar-refractivity contribution in [2.75, 3.05) is 0 Å². The molecule has 2 bridgehead atoms. The van der Waals surface area contributed by atoms with Gasteiger partial charge in [0.2, 0.25) is 5.91 Å². The zero-order chi connectivity index (χ0) is 16.7. The summed E-state index contributed by atoms with van der Waals surface area (Å²) in [7, 11) is 0. The van der Waals surface area contributed by atoms with Crippen molar-refractivity contribution in [3.8, 4) is 0 Å². The number of rotatable bonds is 5. The van der Waals surface area contributed by atoms with E-state index in [0.717, 1.165) is 24.2 Å². The largest absolute Gasteiger partial charge is 0.481 e. The number of carboxylic acids is 1. The van der Waals surface area contributed by atoms with Crippen LogP contribution in [0.25, 0.3) is 0 Å². The van der Waals surface area contributed by atoms with Crippen LogP contribution in [0.15, 0.2) is 18.3 Å². The van der Waals surface area contributed by atoms with Crippen molar-refractivity contribution in [1.82, 2.24) is 15.1 Å². The Balaban J connectivity index is 1.74. The molecule has 2 aliphatic rings. The molecule has 3 rings (SSSR count). The fourth-order valence-corrected chi connectivity index (χ4v) is 4.02. The van der Waals surface area contributed by atoms with Crippen LogP contribution in [0.5, 0.6) is 0 Å². The number of amides is 1. The van der Waals surface area contributed by atoms with E-state index in [1.54, 1.807) is 0 Å². The number of nitrogens with one attached hydrogen (secondary N) is 1. The Morgan fingerprint density at radius 1 is 1.39 bits per heavy atom. The van der Waals surface area contributed by atoms with E-state index in [9.17, 15) is 14.7 Å². The number of carboxylic acid groups (broad SMARTS) is 1. The van der Waals surface area contributed by atoms with E-state index in [-0.39, 0.29) is 23.8 Å². The number of aromatic nitrogens is 2. The first-order valence-corrected chi connectivity index (χ1v) is 8.17. The third-order valence-electron chi connectivity index (χ3n) is 5.18. The number of nitrogens with zero attached hydrogens (tertiary/aromatic N) is 2. The molecule has 0 saturated heterocycles. The molecule has 1 aromatic heterocycles. The summed E-state index contributed by atoms with van der Waals surface area (Å²) >= 11 is 0. The van der Waals surface area contributed by atoms with Crippen LogP contribution in [0, 0.1) is 30.6 Å². The Morgan fingerprint density at radius 3 is 2.61 bits per heavy atom. The molecule has 0 radical (unpaired) electrons. The summed E-state index contributed by atoms with van der Waals surface area (Å²) in [5, 5.41) is 16.9. The first-order chi connectivity index (χ1) is 10.9. The minimum Gasteiger partial charge on any atom is -0.481 e. The quantitative estimate of drug-likeness (QED) is 0.813. The number of allylic oxidation sites excluding steroid dienone is 2. The van der Waals surface area contributed by atoms with Gasteiger partial charge in [0.1, 0.15) is 0 Å². The average molecular weight is 317 g/mol. The highest BCUT2D eigenvalue weighted by molar-refractivity contribution is 5.87. The maximum Gasteiger partial charge on any atom is 0.307 e. The van der Waals surface area contributed by atoms with Crippen LogP contribution in [0.4, 0.5) is 0 Å². The van der Waals surface area contributed by atoms with Gasteiger partial charge in [0.15, 0.2) is 0 Å². The second-order valence-corrected chi connectivity index (χ2v) is 6.59. The van der Waals surface area contributed by atoms with E-state index in [2.05, 4.69) is 10.4 Å². The summed E-state index contributed by atoms with van der Waals surface area (Å²) in [5.41, 5.74) is 1.87.